The number of halogens is 1. The van der Waals surface area contributed by atoms with Gasteiger partial charge in [0.25, 0.3) is 0 Å². The van der Waals surface area contributed by atoms with Crippen LogP contribution in [-0.4, -0.2) is 14.5 Å². The van der Waals surface area contributed by atoms with Gasteiger partial charge in [0.05, 0.1) is 5.02 Å². The molecule has 0 fully saturated rings. The molecule has 0 saturated heterocycles. The summed E-state index contributed by atoms with van der Waals surface area (Å²) in [7, 11) is 0. The van der Waals surface area contributed by atoms with Crippen molar-refractivity contribution in [1.82, 2.24) is 9.38 Å². The van der Waals surface area contributed by atoms with Gasteiger partial charge in [-0.1, -0.05) is 54.1 Å². The number of aromatic hydroxyl groups is 1. The summed E-state index contributed by atoms with van der Waals surface area (Å²) in [6.07, 6.45) is 1.75. The van der Waals surface area contributed by atoms with Crippen molar-refractivity contribution in [2.75, 3.05) is 0 Å². The average molecular weight is 349 g/mol. The first-order valence-corrected chi connectivity index (χ1v) is 8.03. The lowest BCUT2D eigenvalue weighted by molar-refractivity contribution is 0.476. The Morgan fingerprint density at radius 1 is 0.880 bits per heavy atom. The Balaban J connectivity index is 1.91. The third kappa shape index (κ3) is 2.97. The van der Waals surface area contributed by atoms with Crippen LogP contribution in [0.25, 0.3) is 16.9 Å². The normalized spacial score (nSPS) is 11.4. The molecule has 0 amide bonds. The van der Waals surface area contributed by atoms with E-state index in [9.17, 15) is 5.11 Å². The van der Waals surface area contributed by atoms with E-state index in [1.165, 1.54) is 0 Å². The highest BCUT2D eigenvalue weighted by Gasteiger charge is 2.14. The minimum absolute atomic E-state index is 0.0689. The number of phenols is 1. The Labute approximate surface area is 148 Å². The highest BCUT2D eigenvalue weighted by Crippen LogP contribution is 2.34. The Morgan fingerprint density at radius 2 is 1.64 bits per heavy atom. The minimum atomic E-state index is 0.0689. The molecular formula is C19H13ClN4O. The number of imidazole rings is 1. The second-order valence-corrected chi connectivity index (χ2v) is 5.85. The zero-order valence-electron chi connectivity index (χ0n) is 13.0. The molecular weight excluding hydrogens is 336 g/mol. The highest BCUT2D eigenvalue weighted by molar-refractivity contribution is 6.30. The fourth-order valence-electron chi connectivity index (χ4n) is 2.54. The molecule has 4 rings (SSSR count). The topological polar surface area (TPSA) is 62.2 Å². The standard InChI is InChI=1S/C19H13ClN4O/c20-14-10-11-17-21-18(13-6-2-1-3-7-13)19(24(17)12-14)23-22-15-8-4-5-9-16(15)25/h1-12,25H. The van der Waals surface area contributed by atoms with Gasteiger partial charge in [0.15, 0.2) is 5.82 Å². The summed E-state index contributed by atoms with van der Waals surface area (Å²) in [5, 5.41) is 19.0. The van der Waals surface area contributed by atoms with Gasteiger partial charge in [0.2, 0.25) is 0 Å². The monoisotopic (exact) mass is 348 g/mol. The predicted molar refractivity (Wildman–Crippen MR) is 97.9 cm³/mol. The fraction of sp³-hybridized carbons (Fsp3) is 0. The Hall–Kier alpha value is -3.18. The first-order chi connectivity index (χ1) is 12.2. The van der Waals surface area contributed by atoms with Crippen LogP contribution in [0.3, 0.4) is 0 Å². The number of benzene rings is 2. The first kappa shape index (κ1) is 15.4. The van der Waals surface area contributed by atoms with Crippen LogP contribution in [0.4, 0.5) is 11.5 Å². The maximum absolute atomic E-state index is 9.89. The zero-order valence-corrected chi connectivity index (χ0v) is 13.8. The van der Waals surface area contributed by atoms with E-state index < -0.39 is 0 Å². The molecule has 2 aromatic carbocycles. The predicted octanol–water partition coefficient (Wildman–Crippen LogP) is 5.78. The van der Waals surface area contributed by atoms with Gasteiger partial charge < -0.3 is 5.11 Å². The van der Waals surface area contributed by atoms with Gasteiger partial charge in [0.1, 0.15) is 22.8 Å². The van der Waals surface area contributed by atoms with Gasteiger partial charge in [0, 0.05) is 11.8 Å². The molecule has 0 aliphatic rings. The second kappa shape index (κ2) is 6.37. The number of nitrogens with zero attached hydrogens (tertiary/aromatic N) is 4. The van der Waals surface area contributed by atoms with E-state index in [-0.39, 0.29) is 5.75 Å². The molecule has 0 unspecified atom stereocenters. The molecule has 5 nitrogen and oxygen atoms in total. The van der Waals surface area contributed by atoms with E-state index in [0.717, 1.165) is 11.2 Å². The van der Waals surface area contributed by atoms with Gasteiger partial charge in [-0.05, 0) is 24.3 Å². The molecule has 2 heterocycles. The lowest BCUT2D eigenvalue weighted by Crippen LogP contribution is -1.83. The number of aromatic nitrogens is 2. The van der Waals surface area contributed by atoms with Gasteiger partial charge in [-0.3, -0.25) is 4.40 Å². The van der Waals surface area contributed by atoms with Crippen LogP contribution in [0.2, 0.25) is 5.02 Å². The quantitative estimate of drug-likeness (QED) is 0.477. The van der Waals surface area contributed by atoms with Crippen LogP contribution in [-0.2, 0) is 0 Å². The zero-order chi connectivity index (χ0) is 17.2. The smallest absolute Gasteiger partial charge is 0.187 e. The summed E-state index contributed by atoms with van der Waals surface area (Å²) in [5.41, 5.74) is 2.73. The molecule has 1 N–H and O–H groups in total. The van der Waals surface area contributed by atoms with E-state index in [2.05, 4.69) is 15.2 Å². The first-order valence-electron chi connectivity index (χ1n) is 7.65. The van der Waals surface area contributed by atoms with Gasteiger partial charge in [-0.25, -0.2) is 4.98 Å². The van der Waals surface area contributed by atoms with Gasteiger partial charge in [-0.15, -0.1) is 10.2 Å². The number of para-hydroxylation sites is 1. The summed E-state index contributed by atoms with van der Waals surface area (Å²) in [6.45, 7) is 0. The van der Waals surface area contributed by atoms with Crippen molar-refractivity contribution in [2.45, 2.75) is 0 Å². The Bertz CT molecular complexity index is 1070. The molecule has 2 aromatic heterocycles. The molecule has 0 radical (unpaired) electrons. The SMILES string of the molecule is Oc1ccccc1N=Nc1c(-c2ccccc2)nc2ccc(Cl)cn12. The van der Waals surface area contributed by atoms with Crippen molar-refractivity contribution in [2.24, 2.45) is 10.2 Å². The summed E-state index contributed by atoms with van der Waals surface area (Å²) in [6, 6.07) is 20.1. The van der Waals surface area contributed by atoms with Crippen molar-refractivity contribution in [1.29, 1.82) is 0 Å². The lowest BCUT2D eigenvalue weighted by Gasteiger charge is -2.00. The number of pyridine rings is 1. The molecule has 6 heteroatoms. The summed E-state index contributed by atoms with van der Waals surface area (Å²) < 4.78 is 1.79. The summed E-state index contributed by atoms with van der Waals surface area (Å²) in [5.74, 6) is 0.617. The largest absolute Gasteiger partial charge is 0.506 e. The van der Waals surface area contributed by atoms with Crippen molar-refractivity contribution < 1.29 is 5.11 Å². The summed E-state index contributed by atoms with van der Waals surface area (Å²) >= 11 is 6.13. The number of fused-ring (bicyclic) bond motifs is 1. The van der Waals surface area contributed by atoms with Crippen molar-refractivity contribution >= 4 is 28.8 Å². The van der Waals surface area contributed by atoms with Gasteiger partial charge >= 0.3 is 0 Å². The van der Waals surface area contributed by atoms with Crippen LogP contribution in [0.15, 0.2) is 83.2 Å². The number of hydrogen-bond acceptors (Lipinski definition) is 4. The molecule has 0 spiro atoms. The van der Waals surface area contributed by atoms with E-state index in [1.807, 2.05) is 36.4 Å². The molecule has 0 atom stereocenters. The number of phenolic OH excluding ortho intramolecular Hbond substituents is 1. The van der Waals surface area contributed by atoms with Crippen molar-refractivity contribution in [3.63, 3.8) is 0 Å². The van der Waals surface area contributed by atoms with E-state index in [1.54, 1.807) is 40.9 Å². The lowest BCUT2D eigenvalue weighted by atomic mass is 10.1. The molecule has 0 saturated carbocycles. The fourth-order valence-corrected chi connectivity index (χ4v) is 2.70. The van der Waals surface area contributed by atoms with Gasteiger partial charge in [-0.2, -0.15) is 0 Å². The van der Waals surface area contributed by atoms with Crippen LogP contribution in [0.1, 0.15) is 0 Å². The Morgan fingerprint density at radius 3 is 2.44 bits per heavy atom. The molecule has 25 heavy (non-hydrogen) atoms. The second-order valence-electron chi connectivity index (χ2n) is 5.41. The van der Waals surface area contributed by atoms with Crippen molar-refractivity contribution in [3.8, 4) is 17.0 Å². The average Bonchev–Trinajstić information content (AvgIpc) is 2.99. The van der Waals surface area contributed by atoms with Crippen LogP contribution < -0.4 is 0 Å². The number of hydrogen-bond donors (Lipinski definition) is 1. The summed E-state index contributed by atoms with van der Waals surface area (Å²) in [4.78, 5) is 4.65. The van der Waals surface area contributed by atoms with Crippen LogP contribution in [0, 0.1) is 0 Å². The molecule has 4 aromatic rings. The number of rotatable bonds is 3. The third-order valence-electron chi connectivity index (χ3n) is 3.74. The maximum atomic E-state index is 9.89. The molecule has 0 bridgehead atoms. The number of azo groups is 1. The molecule has 0 aliphatic carbocycles. The molecule has 122 valence electrons. The van der Waals surface area contributed by atoms with Crippen LogP contribution >= 0.6 is 11.6 Å². The Kier molecular flexibility index (Phi) is 3.91. The minimum Gasteiger partial charge on any atom is -0.506 e. The van der Waals surface area contributed by atoms with Crippen LogP contribution in [0.5, 0.6) is 5.75 Å². The van der Waals surface area contributed by atoms with Crippen molar-refractivity contribution in [3.05, 3.63) is 77.9 Å². The maximum Gasteiger partial charge on any atom is 0.187 e. The highest BCUT2D eigenvalue weighted by atomic mass is 35.5. The van der Waals surface area contributed by atoms with E-state index >= 15 is 0 Å². The van der Waals surface area contributed by atoms with E-state index in [4.69, 9.17) is 11.6 Å². The molecule has 0 aliphatic heterocycles. The van der Waals surface area contributed by atoms with E-state index in [0.29, 0.717) is 22.2 Å². The third-order valence-corrected chi connectivity index (χ3v) is 3.96.